The molecule has 152 valence electrons. The molecule has 1 aliphatic rings. The molecule has 0 spiro atoms. The summed E-state index contributed by atoms with van der Waals surface area (Å²) in [7, 11) is 0. The van der Waals surface area contributed by atoms with Crippen molar-refractivity contribution in [2.75, 3.05) is 6.54 Å². The number of hydrogen-bond donors (Lipinski definition) is 3. The predicted octanol–water partition coefficient (Wildman–Crippen LogP) is 2.28. The second-order valence-corrected chi connectivity index (χ2v) is 8.31. The van der Waals surface area contributed by atoms with Crippen LogP contribution in [0.4, 0.5) is 0 Å². The highest BCUT2D eigenvalue weighted by Gasteiger charge is 2.31. The summed E-state index contributed by atoms with van der Waals surface area (Å²) in [4.78, 5) is 19.1. The van der Waals surface area contributed by atoms with Crippen LogP contribution in [0.5, 0.6) is 5.88 Å². The van der Waals surface area contributed by atoms with E-state index >= 15 is 0 Å². The average molecular weight is 419 g/mol. The van der Waals surface area contributed by atoms with E-state index in [1.54, 1.807) is 0 Å². The number of aromatic amines is 2. The fourth-order valence-electron chi connectivity index (χ4n) is 4.51. The van der Waals surface area contributed by atoms with Crippen molar-refractivity contribution in [2.45, 2.75) is 26.3 Å². The molecule has 3 heterocycles. The van der Waals surface area contributed by atoms with Gasteiger partial charge in [-0.3, -0.25) is 9.78 Å². The summed E-state index contributed by atoms with van der Waals surface area (Å²) in [6, 6.07) is 13.6. The lowest BCUT2D eigenvalue weighted by molar-refractivity contribution is -0.691. The van der Waals surface area contributed by atoms with E-state index in [1.807, 2.05) is 50.2 Å². The van der Waals surface area contributed by atoms with Crippen LogP contribution in [0.15, 0.2) is 47.3 Å². The smallest absolute Gasteiger partial charge is 0.260 e. The molecule has 2 aromatic carbocycles. The lowest BCUT2D eigenvalue weighted by atomic mass is 9.95. The van der Waals surface area contributed by atoms with E-state index in [1.165, 1.54) is 10.1 Å². The SMILES string of the molecule is Cc1ccc(C)c(-n2c([O-])c(C3[NH2+]CCc4c3[nH]c3ccccc43)c(=O)[nH]c2=S)c1. The van der Waals surface area contributed by atoms with Crippen LogP contribution < -0.4 is 16.0 Å². The lowest BCUT2D eigenvalue weighted by Gasteiger charge is -2.27. The molecule has 2 aromatic heterocycles. The summed E-state index contributed by atoms with van der Waals surface area (Å²) in [5, 5.41) is 16.8. The highest BCUT2D eigenvalue weighted by atomic mass is 32.1. The average Bonchev–Trinajstić information content (AvgIpc) is 3.10. The number of fused-ring (bicyclic) bond motifs is 3. The Bertz CT molecular complexity index is 1410. The Kier molecular flexibility index (Phi) is 4.38. The van der Waals surface area contributed by atoms with Crippen LogP contribution >= 0.6 is 12.2 Å². The summed E-state index contributed by atoms with van der Waals surface area (Å²) in [5.41, 5.74) is 5.56. The van der Waals surface area contributed by atoms with Gasteiger partial charge >= 0.3 is 0 Å². The van der Waals surface area contributed by atoms with Gasteiger partial charge in [-0.05, 0) is 60.8 Å². The van der Waals surface area contributed by atoms with Crippen LogP contribution in [-0.4, -0.2) is 21.1 Å². The zero-order valence-corrected chi connectivity index (χ0v) is 17.6. The highest BCUT2D eigenvalue weighted by molar-refractivity contribution is 7.71. The molecule has 1 unspecified atom stereocenters. The van der Waals surface area contributed by atoms with Crippen molar-refractivity contribution in [2.24, 2.45) is 0 Å². The third-order valence-corrected chi connectivity index (χ3v) is 6.26. The number of nitrogens with zero attached hydrogens (tertiary/aromatic N) is 1. The first-order valence-corrected chi connectivity index (χ1v) is 10.4. The molecule has 5 rings (SSSR count). The first kappa shape index (κ1) is 18.8. The van der Waals surface area contributed by atoms with E-state index in [0.29, 0.717) is 5.69 Å². The van der Waals surface area contributed by atoms with E-state index in [0.717, 1.165) is 40.7 Å². The molecule has 4 aromatic rings. The van der Waals surface area contributed by atoms with Gasteiger partial charge in [0.1, 0.15) is 0 Å². The number of H-pyrrole nitrogens is 2. The number of quaternary nitrogens is 1. The van der Waals surface area contributed by atoms with Gasteiger partial charge in [0.05, 0.1) is 23.5 Å². The normalized spacial score (nSPS) is 16.0. The molecule has 7 heteroatoms. The number of benzene rings is 2. The molecule has 4 N–H and O–H groups in total. The minimum Gasteiger partial charge on any atom is -0.859 e. The number of aromatic nitrogens is 3. The van der Waals surface area contributed by atoms with E-state index < -0.39 is 11.6 Å². The molecule has 0 aliphatic carbocycles. The van der Waals surface area contributed by atoms with Crippen LogP contribution in [0.2, 0.25) is 0 Å². The molecule has 0 radical (unpaired) electrons. The fourth-order valence-corrected chi connectivity index (χ4v) is 4.79. The monoisotopic (exact) mass is 418 g/mol. The predicted molar refractivity (Wildman–Crippen MR) is 117 cm³/mol. The second kappa shape index (κ2) is 6.97. The molecule has 1 atom stereocenters. The number of rotatable bonds is 2. The van der Waals surface area contributed by atoms with E-state index in [9.17, 15) is 9.90 Å². The maximum absolute atomic E-state index is 13.6. The van der Waals surface area contributed by atoms with Crippen LogP contribution in [0, 0.1) is 18.6 Å². The summed E-state index contributed by atoms with van der Waals surface area (Å²) >= 11 is 5.39. The van der Waals surface area contributed by atoms with Gasteiger partial charge in [0.25, 0.3) is 5.56 Å². The number of aryl methyl sites for hydroxylation is 2. The lowest BCUT2D eigenvalue weighted by Crippen LogP contribution is -2.87. The van der Waals surface area contributed by atoms with Gasteiger partial charge in [-0.2, -0.15) is 0 Å². The Hall–Kier alpha value is -3.16. The van der Waals surface area contributed by atoms with E-state index in [2.05, 4.69) is 21.4 Å². The third-order valence-electron chi connectivity index (χ3n) is 5.97. The van der Waals surface area contributed by atoms with E-state index in [4.69, 9.17) is 12.2 Å². The van der Waals surface area contributed by atoms with Gasteiger partial charge < -0.3 is 20.0 Å². The van der Waals surface area contributed by atoms with Crippen LogP contribution in [0.1, 0.15) is 34.0 Å². The number of para-hydroxylation sites is 1. The quantitative estimate of drug-likeness (QED) is 0.436. The Labute approximate surface area is 178 Å². The Morgan fingerprint density at radius 3 is 2.80 bits per heavy atom. The van der Waals surface area contributed by atoms with E-state index in [-0.39, 0.29) is 16.2 Å². The van der Waals surface area contributed by atoms with Crippen molar-refractivity contribution in [1.82, 2.24) is 14.5 Å². The Morgan fingerprint density at radius 1 is 1.17 bits per heavy atom. The molecule has 0 amide bonds. The summed E-state index contributed by atoms with van der Waals surface area (Å²) in [5.74, 6) is -0.356. The standard InChI is InChI=1S/C23H22N4O2S/c1-12-7-8-13(2)17(11-12)27-22(29)18(21(28)26-23(27)30)20-19-15(9-10-24-20)14-5-3-4-6-16(14)25-19/h3-8,11,20,24-25,29H,9-10H2,1-2H3,(H,26,28,30). The molecular weight excluding hydrogens is 396 g/mol. The summed E-state index contributed by atoms with van der Waals surface area (Å²) < 4.78 is 1.58. The van der Waals surface area contributed by atoms with Gasteiger partial charge in [-0.1, -0.05) is 30.3 Å². The van der Waals surface area contributed by atoms with Crippen molar-refractivity contribution in [1.29, 1.82) is 0 Å². The summed E-state index contributed by atoms with van der Waals surface area (Å²) in [6.07, 6.45) is 0.887. The van der Waals surface area contributed by atoms with Crippen molar-refractivity contribution in [3.8, 4) is 11.6 Å². The zero-order chi connectivity index (χ0) is 21.0. The highest BCUT2D eigenvalue weighted by Crippen LogP contribution is 2.32. The van der Waals surface area contributed by atoms with Gasteiger partial charge in [0.2, 0.25) is 0 Å². The molecule has 30 heavy (non-hydrogen) atoms. The first-order chi connectivity index (χ1) is 14.5. The topological polar surface area (TPSA) is 93.2 Å². The Balaban J connectivity index is 1.77. The van der Waals surface area contributed by atoms with Gasteiger partial charge in [0.15, 0.2) is 10.8 Å². The van der Waals surface area contributed by atoms with Crippen LogP contribution in [0.3, 0.4) is 0 Å². The Morgan fingerprint density at radius 2 is 1.97 bits per heavy atom. The molecule has 0 fully saturated rings. The molecule has 6 nitrogen and oxygen atoms in total. The zero-order valence-electron chi connectivity index (χ0n) is 16.8. The first-order valence-electron chi connectivity index (χ1n) is 10.0. The maximum atomic E-state index is 13.6. The fraction of sp³-hybridized carbons (Fsp3) is 0.217. The van der Waals surface area contributed by atoms with Crippen molar-refractivity contribution < 1.29 is 10.4 Å². The van der Waals surface area contributed by atoms with Crippen molar-refractivity contribution in [3.63, 3.8) is 0 Å². The van der Waals surface area contributed by atoms with Gasteiger partial charge in [0, 0.05) is 17.3 Å². The van der Waals surface area contributed by atoms with Gasteiger partial charge in [-0.25, -0.2) is 0 Å². The van der Waals surface area contributed by atoms with Crippen LogP contribution in [-0.2, 0) is 6.42 Å². The van der Waals surface area contributed by atoms with Crippen LogP contribution in [0.25, 0.3) is 16.6 Å². The minimum atomic E-state index is -0.417. The maximum Gasteiger partial charge on any atom is 0.260 e. The number of nitrogens with one attached hydrogen (secondary N) is 2. The van der Waals surface area contributed by atoms with Crippen molar-refractivity contribution >= 4 is 23.1 Å². The molecule has 0 bridgehead atoms. The second-order valence-electron chi connectivity index (χ2n) is 7.92. The summed E-state index contributed by atoms with van der Waals surface area (Å²) in [6.45, 7) is 4.70. The largest absolute Gasteiger partial charge is 0.859 e. The van der Waals surface area contributed by atoms with Crippen molar-refractivity contribution in [3.05, 3.63) is 85.5 Å². The molecule has 0 saturated carbocycles. The molecule has 1 aliphatic heterocycles. The number of hydrogen-bond acceptors (Lipinski definition) is 3. The number of nitrogens with two attached hydrogens (primary N) is 1. The van der Waals surface area contributed by atoms with Gasteiger partial charge in [-0.15, -0.1) is 0 Å². The minimum absolute atomic E-state index is 0.120. The third kappa shape index (κ3) is 2.81. The molecular formula is C23H22N4O2S. The molecule has 0 saturated heterocycles.